The highest BCUT2D eigenvalue weighted by atomic mass is 127. The van der Waals surface area contributed by atoms with E-state index in [1.165, 1.54) is 43.2 Å². The van der Waals surface area contributed by atoms with Gasteiger partial charge in [0.15, 0.2) is 5.96 Å². The lowest BCUT2D eigenvalue weighted by Gasteiger charge is -2.34. The molecule has 1 aromatic rings. The molecule has 1 saturated heterocycles. The number of halogens is 1. The van der Waals surface area contributed by atoms with Crippen LogP contribution in [0.3, 0.4) is 0 Å². The summed E-state index contributed by atoms with van der Waals surface area (Å²) in [6, 6.07) is 2.16. The van der Waals surface area contributed by atoms with Crippen molar-refractivity contribution in [3.8, 4) is 0 Å². The quantitative estimate of drug-likeness (QED) is 0.369. The minimum atomic E-state index is 0. The first kappa shape index (κ1) is 21.7. The van der Waals surface area contributed by atoms with Crippen LogP contribution in [0.25, 0.3) is 0 Å². The van der Waals surface area contributed by atoms with Crippen molar-refractivity contribution < 1.29 is 0 Å². The maximum atomic E-state index is 4.70. The van der Waals surface area contributed by atoms with Crippen LogP contribution >= 0.6 is 35.3 Å². The van der Waals surface area contributed by atoms with Crippen molar-refractivity contribution in [2.75, 3.05) is 52.4 Å². The van der Waals surface area contributed by atoms with Crippen LogP contribution in [0.5, 0.6) is 0 Å². The van der Waals surface area contributed by atoms with Crippen molar-refractivity contribution in [3.05, 3.63) is 21.9 Å². The fourth-order valence-corrected chi connectivity index (χ4v) is 3.55. The normalized spacial score (nSPS) is 16.7. The van der Waals surface area contributed by atoms with Crippen LogP contribution in [0.15, 0.2) is 16.4 Å². The molecule has 1 aliphatic rings. The zero-order chi connectivity index (χ0) is 16.5. The van der Waals surface area contributed by atoms with E-state index in [1.807, 2.05) is 0 Å². The molecule has 0 aromatic carbocycles. The van der Waals surface area contributed by atoms with Crippen molar-refractivity contribution in [3.63, 3.8) is 0 Å². The Balaban J connectivity index is 0.00000288. The number of aliphatic imine (C=N–C) groups is 1. The van der Waals surface area contributed by atoms with E-state index in [0.717, 1.165) is 32.1 Å². The number of guanidine groups is 1. The van der Waals surface area contributed by atoms with Crippen LogP contribution in [-0.2, 0) is 6.54 Å². The van der Waals surface area contributed by atoms with Gasteiger partial charge in [0.25, 0.3) is 0 Å². The maximum Gasteiger partial charge on any atom is 0.191 e. The lowest BCUT2D eigenvalue weighted by Crippen LogP contribution is -2.49. The number of thiophene rings is 1. The maximum absolute atomic E-state index is 4.70. The molecule has 1 aliphatic heterocycles. The average molecular weight is 465 g/mol. The van der Waals surface area contributed by atoms with E-state index in [1.54, 1.807) is 11.3 Å². The Morgan fingerprint density at radius 2 is 1.88 bits per heavy atom. The van der Waals surface area contributed by atoms with Gasteiger partial charge in [-0.3, -0.25) is 4.90 Å². The van der Waals surface area contributed by atoms with E-state index in [4.69, 9.17) is 4.99 Å². The average Bonchev–Trinajstić information content (AvgIpc) is 2.98. The van der Waals surface area contributed by atoms with Gasteiger partial charge >= 0.3 is 0 Å². The number of rotatable bonds is 7. The third-order valence-electron chi connectivity index (χ3n) is 4.33. The zero-order valence-corrected chi connectivity index (χ0v) is 18.3. The molecular weight excluding hydrogens is 433 g/mol. The molecule has 1 aromatic heterocycles. The third-order valence-corrected chi connectivity index (χ3v) is 5.33. The number of hydrogen-bond donors (Lipinski definition) is 2. The zero-order valence-electron chi connectivity index (χ0n) is 15.2. The number of likely N-dealkylation sites (N-methyl/N-ethyl adjacent to an activating group) is 1. The summed E-state index contributed by atoms with van der Waals surface area (Å²) in [4.78, 5) is 11.1. The minimum absolute atomic E-state index is 0. The molecule has 2 N–H and O–H groups in total. The lowest BCUT2D eigenvalue weighted by molar-refractivity contribution is 0.139. The summed E-state index contributed by atoms with van der Waals surface area (Å²) in [6.45, 7) is 16.1. The molecular formula is C17H32IN5S. The number of hydrogen-bond acceptors (Lipinski definition) is 4. The van der Waals surface area contributed by atoms with Crippen molar-refractivity contribution >= 4 is 41.3 Å². The topological polar surface area (TPSA) is 42.9 Å². The molecule has 7 heteroatoms. The van der Waals surface area contributed by atoms with Crippen LogP contribution in [0.1, 0.15) is 24.3 Å². The summed E-state index contributed by atoms with van der Waals surface area (Å²) in [6.07, 6.45) is 0. The summed E-state index contributed by atoms with van der Waals surface area (Å²) in [5.41, 5.74) is 1.34. The molecule has 5 nitrogen and oxygen atoms in total. The fraction of sp³-hybridized carbons (Fsp3) is 0.706. The molecule has 0 spiro atoms. The van der Waals surface area contributed by atoms with E-state index < -0.39 is 0 Å². The number of nitrogens with one attached hydrogen (secondary N) is 2. The molecule has 0 aliphatic carbocycles. The van der Waals surface area contributed by atoms with Crippen molar-refractivity contribution in [2.45, 2.75) is 27.3 Å². The number of piperazine rings is 1. The second-order valence-electron chi connectivity index (χ2n) is 5.92. The van der Waals surface area contributed by atoms with Gasteiger partial charge in [0, 0.05) is 50.7 Å². The standard InChI is InChI=1S/C17H31N5S.HI/c1-4-18-17(20-14-16-15(3)6-13-23-16)19-7-8-22-11-9-21(5-2)10-12-22;/h6,13H,4-5,7-12,14H2,1-3H3,(H2,18,19,20);1H. The Labute approximate surface area is 167 Å². The van der Waals surface area contributed by atoms with Gasteiger partial charge in [0.05, 0.1) is 6.54 Å². The Hall–Kier alpha value is -0.380. The minimum Gasteiger partial charge on any atom is -0.357 e. The van der Waals surface area contributed by atoms with Gasteiger partial charge in [0.1, 0.15) is 0 Å². The van der Waals surface area contributed by atoms with Gasteiger partial charge in [-0.2, -0.15) is 0 Å². The van der Waals surface area contributed by atoms with Crippen LogP contribution in [-0.4, -0.2) is 68.1 Å². The van der Waals surface area contributed by atoms with Gasteiger partial charge in [-0.15, -0.1) is 35.3 Å². The summed E-state index contributed by atoms with van der Waals surface area (Å²) >= 11 is 1.78. The Kier molecular flexibility index (Phi) is 10.9. The molecule has 2 heterocycles. The Morgan fingerprint density at radius 1 is 1.17 bits per heavy atom. The monoisotopic (exact) mass is 465 g/mol. The van der Waals surface area contributed by atoms with Crippen molar-refractivity contribution in [1.29, 1.82) is 0 Å². The first-order chi connectivity index (χ1) is 11.2. The number of aryl methyl sites for hydroxylation is 1. The summed E-state index contributed by atoms with van der Waals surface area (Å²) in [5.74, 6) is 0.924. The largest absolute Gasteiger partial charge is 0.357 e. The second kappa shape index (κ2) is 12.1. The van der Waals surface area contributed by atoms with E-state index in [0.29, 0.717) is 0 Å². The molecule has 0 amide bonds. The SMILES string of the molecule is CCNC(=NCc1sccc1C)NCCN1CCN(CC)CC1.I. The molecule has 138 valence electrons. The van der Waals surface area contributed by atoms with E-state index >= 15 is 0 Å². The highest BCUT2D eigenvalue weighted by Crippen LogP contribution is 2.16. The van der Waals surface area contributed by atoms with Crippen molar-refractivity contribution in [1.82, 2.24) is 20.4 Å². The third kappa shape index (κ3) is 7.25. The van der Waals surface area contributed by atoms with Crippen LogP contribution in [0.4, 0.5) is 0 Å². The molecule has 1 fully saturated rings. The molecule has 0 bridgehead atoms. The van der Waals surface area contributed by atoms with Gasteiger partial charge in [0.2, 0.25) is 0 Å². The predicted molar refractivity (Wildman–Crippen MR) is 116 cm³/mol. The molecule has 0 unspecified atom stereocenters. The summed E-state index contributed by atoms with van der Waals surface area (Å²) in [5, 5.41) is 8.93. The summed E-state index contributed by atoms with van der Waals surface area (Å²) in [7, 11) is 0. The van der Waals surface area contributed by atoms with Crippen LogP contribution in [0.2, 0.25) is 0 Å². The van der Waals surface area contributed by atoms with Gasteiger partial charge in [-0.1, -0.05) is 6.92 Å². The van der Waals surface area contributed by atoms with Gasteiger partial charge in [-0.05, 0) is 37.4 Å². The molecule has 24 heavy (non-hydrogen) atoms. The van der Waals surface area contributed by atoms with Crippen LogP contribution in [0, 0.1) is 6.92 Å². The smallest absolute Gasteiger partial charge is 0.191 e. The van der Waals surface area contributed by atoms with Crippen LogP contribution < -0.4 is 10.6 Å². The van der Waals surface area contributed by atoms with E-state index in [9.17, 15) is 0 Å². The van der Waals surface area contributed by atoms with Crippen molar-refractivity contribution in [2.24, 2.45) is 4.99 Å². The van der Waals surface area contributed by atoms with E-state index in [2.05, 4.69) is 52.7 Å². The lowest BCUT2D eigenvalue weighted by atomic mass is 10.3. The van der Waals surface area contributed by atoms with E-state index in [-0.39, 0.29) is 24.0 Å². The Bertz CT molecular complexity index is 483. The van der Waals surface area contributed by atoms with Gasteiger partial charge in [-0.25, -0.2) is 4.99 Å². The first-order valence-corrected chi connectivity index (χ1v) is 9.60. The first-order valence-electron chi connectivity index (χ1n) is 8.72. The summed E-state index contributed by atoms with van der Waals surface area (Å²) < 4.78 is 0. The highest BCUT2D eigenvalue weighted by molar-refractivity contribution is 14.0. The molecule has 0 saturated carbocycles. The Morgan fingerprint density at radius 3 is 2.46 bits per heavy atom. The predicted octanol–water partition coefficient (Wildman–Crippen LogP) is 2.37. The molecule has 2 rings (SSSR count). The fourth-order valence-electron chi connectivity index (χ4n) is 2.72. The molecule has 0 atom stereocenters. The molecule has 0 radical (unpaired) electrons. The number of nitrogens with zero attached hydrogens (tertiary/aromatic N) is 3. The highest BCUT2D eigenvalue weighted by Gasteiger charge is 2.14. The van der Waals surface area contributed by atoms with Gasteiger partial charge < -0.3 is 15.5 Å². The second-order valence-corrected chi connectivity index (χ2v) is 6.93.